The average Bonchev–Trinajstić information content (AvgIpc) is 2.10. The third kappa shape index (κ3) is 5.07. The second-order valence-corrected chi connectivity index (χ2v) is 3.41. The maximum atomic E-state index is 10.7. The Morgan fingerprint density at radius 2 is 1.57 bits per heavy atom. The molecule has 0 aromatic heterocycles. The van der Waals surface area contributed by atoms with Crippen molar-refractivity contribution in [2.45, 2.75) is 0 Å². The van der Waals surface area contributed by atoms with Crippen molar-refractivity contribution in [2.24, 2.45) is 0 Å². The molecule has 0 aromatic rings. The summed E-state index contributed by atoms with van der Waals surface area (Å²) in [5, 5.41) is 8.18. The third-order valence-corrected chi connectivity index (χ3v) is 1.49. The van der Waals surface area contributed by atoms with Gasteiger partial charge in [-0.05, 0) is 0 Å². The summed E-state index contributed by atoms with van der Waals surface area (Å²) in [6, 6.07) is 0. The lowest BCUT2D eigenvalue weighted by Gasteiger charge is -2.00. The molecule has 0 aliphatic rings. The summed E-state index contributed by atoms with van der Waals surface area (Å²) < 4.78 is 3.78. The number of ketones is 3. The molecule has 0 amide bonds. The quantitative estimate of drug-likeness (QED) is 0.219. The van der Waals surface area contributed by atoms with E-state index < -0.39 is 38.7 Å². The van der Waals surface area contributed by atoms with Crippen LogP contribution < -0.4 is 0 Å². The predicted molar refractivity (Wildman–Crippen MR) is 41.6 cm³/mol. The van der Waals surface area contributed by atoms with E-state index in [-0.39, 0.29) is 0 Å². The van der Waals surface area contributed by atoms with Crippen LogP contribution in [0, 0.1) is 0 Å². The summed E-state index contributed by atoms with van der Waals surface area (Å²) in [6.07, 6.45) is 0. The SMILES string of the molecule is O=C(CO)C(=O)C(=O)CO[P+](O)(O)O. The van der Waals surface area contributed by atoms with Gasteiger partial charge in [0.25, 0.3) is 5.78 Å². The molecule has 0 saturated carbocycles. The van der Waals surface area contributed by atoms with E-state index in [0.29, 0.717) is 0 Å². The maximum Gasteiger partial charge on any atom is 0.567 e. The van der Waals surface area contributed by atoms with Crippen LogP contribution in [-0.2, 0) is 18.9 Å². The van der Waals surface area contributed by atoms with Crippen LogP contribution in [0.25, 0.3) is 0 Å². The normalized spacial score (nSPS) is 11.1. The van der Waals surface area contributed by atoms with Gasteiger partial charge in [0.15, 0.2) is 6.61 Å². The van der Waals surface area contributed by atoms with Gasteiger partial charge in [0.2, 0.25) is 11.6 Å². The zero-order valence-electron chi connectivity index (χ0n) is 6.78. The molecular formula is C5H8O8P+. The van der Waals surface area contributed by atoms with Crippen molar-refractivity contribution < 1.29 is 38.7 Å². The van der Waals surface area contributed by atoms with Crippen molar-refractivity contribution in [1.82, 2.24) is 0 Å². The standard InChI is InChI=1S/C5H8O8P/c6-1-3(7)5(9)4(8)2-13-14(10,11)12/h6,10-12H,1-2H2/q+1. The molecule has 8 nitrogen and oxygen atoms in total. The summed E-state index contributed by atoms with van der Waals surface area (Å²) in [7, 11) is -4.59. The van der Waals surface area contributed by atoms with Gasteiger partial charge < -0.3 is 5.11 Å². The van der Waals surface area contributed by atoms with Gasteiger partial charge in [-0.15, -0.1) is 4.52 Å². The van der Waals surface area contributed by atoms with Gasteiger partial charge >= 0.3 is 8.17 Å². The molecule has 0 fully saturated rings. The molecule has 0 heterocycles. The summed E-state index contributed by atoms with van der Waals surface area (Å²) in [5.74, 6) is -4.25. The molecule has 0 saturated heterocycles. The van der Waals surface area contributed by atoms with Crippen LogP contribution in [-0.4, -0.2) is 50.4 Å². The number of carbonyl (C=O) groups is 3. The number of Topliss-reactive ketones (excluding diaryl/α,β-unsaturated/α-hetero) is 3. The molecular weight excluding hydrogens is 219 g/mol. The van der Waals surface area contributed by atoms with E-state index in [4.69, 9.17) is 19.8 Å². The van der Waals surface area contributed by atoms with Crippen molar-refractivity contribution in [1.29, 1.82) is 0 Å². The van der Waals surface area contributed by atoms with Gasteiger partial charge in [-0.25, -0.2) is 0 Å². The molecule has 0 rings (SSSR count). The Balaban J connectivity index is 4.11. The van der Waals surface area contributed by atoms with Crippen molar-refractivity contribution in [3.05, 3.63) is 0 Å². The molecule has 0 aromatic carbocycles. The fourth-order valence-electron chi connectivity index (χ4n) is 0.438. The van der Waals surface area contributed by atoms with Gasteiger partial charge in [0.05, 0.1) is 0 Å². The third-order valence-electron chi connectivity index (χ3n) is 1.02. The lowest BCUT2D eigenvalue weighted by molar-refractivity contribution is -0.146. The van der Waals surface area contributed by atoms with Crippen molar-refractivity contribution in [3.8, 4) is 0 Å². The molecule has 0 spiro atoms. The summed E-state index contributed by atoms with van der Waals surface area (Å²) in [6.45, 7) is -2.26. The molecule has 80 valence electrons. The topological polar surface area (TPSA) is 141 Å². The van der Waals surface area contributed by atoms with Gasteiger partial charge in [0.1, 0.15) is 6.61 Å². The minimum Gasteiger partial charge on any atom is -0.388 e. The number of hydrogen-bond donors (Lipinski definition) is 4. The van der Waals surface area contributed by atoms with Crippen molar-refractivity contribution >= 4 is 25.5 Å². The fraction of sp³-hybridized carbons (Fsp3) is 0.400. The van der Waals surface area contributed by atoms with E-state index in [2.05, 4.69) is 4.52 Å². The molecule has 0 aliphatic carbocycles. The van der Waals surface area contributed by atoms with E-state index in [9.17, 15) is 14.4 Å². The van der Waals surface area contributed by atoms with Crippen LogP contribution in [0.1, 0.15) is 0 Å². The van der Waals surface area contributed by atoms with Crippen molar-refractivity contribution in [3.63, 3.8) is 0 Å². The molecule has 0 radical (unpaired) electrons. The monoisotopic (exact) mass is 227 g/mol. The summed E-state index contributed by atoms with van der Waals surface area (Å²) in [4.78, 5) is 56.4. The Labute approximate surface area is 78.4 Å². The molecule has 0 unspecified atom stereocenters. The summed E-state index contributed by atoms with van der Waals surface area (Å²) in [5.41, 5.74) is 0. The second kappa shape index (κ2) is 5.20. The zero-order valence-corrected chi connectivity index (χ0v) is 7.68. The average molecular weight is 227 g/mol. The molecule has 0 atom stereocenters. The molecule has 14 heavy (non-hydrogen) atoms. The molecule has 0 aliphatic heterocycles. The highest BCUT2D eigenvalue weighted by Crippen LogP contribution is 2.45. The molecule has 0 bridgehead atoms. The highest BCUT2D eigenvalue weighted by Gasteiger charge is 2.36. The Morgan fingerprint density at radius 3 is 1.93 bits per heavy atom. The lowest BCUT2D eigenvalue weighted by Crippen LogP contribution is -2.29. The number of carbonyl (C=O) groups excluding carboxylic acids is 3. The number of aliphatic hydroxyl groups excluding tert-OH is 1. The number of hydrogen-bond acceptors (Lipinski definition) is 8. The smallest absolute Gasteiger partial charge is 0.388 e. The lowest BCUT2D eigenvalue weighted by atomic mass is 10.2. The minimum absolute atomic E-state index is 1.12. The Hall–Kier alpha value is -0.760. The Bertz CT molecular complexity index is 253. The van der Waals surface area contributed by atoms with Crippen LogP contribution in [0.15, 0.2) is 0 Å². The first kappa shape index (κ1) is 13.2. The molecule has 4 N–H and O–H groups in total. The number of aliphatic hydroxyl groups is 1. The second-order valence-electron chi connectivity index (χ2n) is 2.12. The van der Waals surface area contributed by atoms with E-state index in [1.807, 2.05) is 0 Å². The van der Waals surface area contributed by atoms with E-state index in [1.165, 1.54) is 0 Å². The first-order valence-electron chi connectivity index (χ1n) is 3.21. The highest BCUT2D eigenvalue weighted by molar-refractivity contribution is 7.53. The maximum absolute atomic E-state index is 10.7. The first-order chi connectivity index (χ1) is 6.28. The van der Waals surface area contributed by atoms with Gasteiger partial charge in [-0.1, -0.05) is 0 Å². The zero-order chi connectivity index (χ0) is 11.4. The van der Waals surface area contributed by atoms with E-state index >= 15 is 0 Å². The fourth-order valence-corrected chi connectivity index (χ4v) is 0.729. The first-order valence-corrected chi connectivity index (χ1v) is 4.77. The Morgan fingerprint density at radius 1 is 1.07 bits per heavy atom. The predicted octanol–water partition coefficient (Wildman–Crippen LogP) is -2.64. The summed E-state index contributed by atoms with van der Waals surface area (Å²) >= 11 is 0. The highest BCUT2D eigenvalue weighted by atomic mass is 31.2. The van der Waals surface area contributed by atoms with Gasteiger partial charge in [0, 0.05) is 0 Å². The van der Waals surface area contributed by atoms with E-state index in [0.717, 1.165) is 0 Å². The van der Waals surface area contributed by atoms with Crippen LogP contribution in [0.2, 0.25) is 0 Å². The van der Waals surface area contributed by atoms with Crippen LogP contribution in [0.3, 0.4) is 0 Å². The van der Waals surface area contributed by atoms with Crippen LogP contribution in [0.5, 0.6) is 0 Å². The van der Waals surface area contributed by atoms with Crippen LogP contribution in [0.4, 0.5) is 0 Å². The van der Waals surface area contributed by atoms with Gasteiger partial charge in [-0.3, -0.25) is 14.4 Å². The van der Waals surface area contributed by atoms with Gasteiger partial charge in [-0.2, -0.15) is 14.7 Å². The van der Waals surface area contributed by atoms with E-state index in [1.54, 1.807) is 0 Å². The Kier molecular flexibility index (Phi) is 4.92. The van der Waals surface area contributed by atoms with Crippen LogP contribution >= 0.6 is 8.17 Å². The number of rotatable bonds is 6. The molecule has 9 heteroatoms. The largest absolute Gasteiger partial charge is 0.567 e. The van der Waals surface area contributed by atoms with Crippen molar-refractivity contribution in [2.75, 3.05) is 13.2 Å². The minimum atomic E-state index is -4.59.